The number of hydrogen-bond acceptors (Lipinski definition) is 3. The lowest BCUT2D eigenvalue weighted by Crippen LogP contribution is -1.75. The fraction of sp³-hybridized carbons (Fsp3) is 0. The Bertz CT molecular complexity index is 275. The molecule has 11 heavy (non-hydrogen) atoms. The highest BCUT2D eigenvalue weighted by atomic mass is 36.0. The summed E-state index contributed by atoms with van der Waals surface area (Å²) < 4.78 is 3.38. The van der Waals surface area contributed by atoms with Crippen molar-refractivity contribution in [2.75, 3.05) is 0 Å². The summed E-state index contributed by atoms with van der Waals surface area (Å²) in [6.07, 6.45) is 0. The second-order valence-electron chi connectivity index (χ2n) is 1.18. The van der Waals surface area contributed by atoms with E-state index in [0.717, 1.165) is 0 Å². The molecule has 0 aromatic heterocycles. The van der Waals surface area contributed by atoms with Crippen LogP contribution < -0.4 is 0 Å². The summed E-state index contributed by atoms with van der Waals surface area (Å²) in [6, 6.07) is 3.07. The Morgan fingerprint density at radius 2 is 1.73 bits per heavy atom. The largest absolute Gasteiger partial charge is 0.192 e. The van der Waals surface area contributed by atoms with E-state index in [2.05, 4.69) is 4.36 Å². The highest BCUT2D eigenvalue weighted by Gasteiger charge is 2.01. The molecule has 0 rings (SSSR count). The minimum Gasteiger partial charge on any atom is -0.192 e. The number of nitrogens with zero attached hydrogens (tertiary/aromatic N) is 3. The van der Waals surface area contributed by atoms with Gasteiger partial charge in [-0.05, 0) is 21.4 Å². The van der Waals surface area contributed by atoms with E-state index in [4.69, 9.17) is 43.5 Å². The average Bonchev–Trinajstić information content (AvgIpc) is 1.88. The Balaban J connectivity index is 4.86. The Morgan fingerprint density at radius 1 is 1.27 bits per heavy atom. The van der Waals surface area contributed by atoms with Crippen LogP contribution in [-0.2, 0) is 9.12 Å². The van der Waals surface area contributed by atoms with Crippen LogP contribution in [0.1, 0.15) is 0 Å². The quantitative estimate of drug-likeness (QED) is 0.511. The van der Waals surface area contributed by atoms with E-state index < -0.39 is 9.12 Å². The van der Waals surface area contributed by atoms with Crippen molar-refractivity contribution in [2.24, 2.45) is 4.36 Å². The molecule has 0 aromatic carbocycles. The summed E-state index contributed by atoms with van der Waals surface area (Å²) >= 11 is 5.35. The smallest absolute Gasteiger partial charge is 0.167 e. The van der Waals surface area contributed by atoms with Crippen molar-refractivity contribution in [1.82, 2.24) is 0 Å². The first-order valence-corrected chi connectivity index (χ1v) is 5.31. The molecule has 0 amide bonds. The molecule has 0 heterocycles. The summed E-state index contributed by atoms with van der Waals surface area (Å²) in [4.78, 5) is 0. The maximum atomic E-state index is 8.25. The van der Waals surface area contributed by atoms with Crippen LogP contribution in [-0.4, -0.2) is 0 Å². The first-order valence-electron chi connectivity index (χ1n) is 2.10. The van der Waals surface area contributed by atoms with E-state index in [1.54, 1.807) is 0 Å². The van der Waals surface area contributed by atoms with Gasteiger partial charge in [-0.25, -0.2) is 0 Å². The van der Waals surface area contributed by atoms with Gasteiger partial charge in [0.25, 0.3) is 0 Å². The molecule has 0 aromatic rings. The molecule has 0 radical (unpaired) electrons. The van der Waals surface area contributed by atoms with Gasteiger partial charge in [-0.15, -0.1) is 0 Å². The predicted molar refractivity (Wildman–Crippen MR) is 45.6 cm³/mol. The minimum absolute atomic E-state index is 0.261. The van der Waals surface area contributed by atoms with E-state index in [1.165, 1.54) is 12.1 Å². The van der Waals surface area contributed by atoms with Gasteiger partial charge in [0.15, 0.2) is 10.7 Å². The third-order valence-electron chi connectivity index (χ3n) is 0.579. The fourth-order valence-corrected chi connectivity index (χ4v) is 1.35. The van der Waals surface area contributed by atoms with E-state index in [-0.39, 0.29) is 10.7 Å². The van der Waals surface area contributed by atoms with Gasteiger partial charge < -0.3 is 0 Å². The predicted octanol–water partition coefficient (Wildman–Crippen LogP) is 2.59. The summed E-state index contributed by atoms with van der Waals surface area (Å²) in [6.45, 7) is 0. The van der Waals surface area contributed by atoms with Crippen LogP contribution in [0.3, 0.4) is 0 Å². The average molecular weight is 228 g/mol. The summed E-state index contributed by atoms with van der Waals surface area (Å²) in [5.74, 6) is 0. The molecule has 0 aliphatic rings. The molecule has 7 heteroatoms. The van der Waals surface area contributed by atoms with Crippen molar-refractivity contribution < 1.29 is 0 Å². The minimum atomic E-state index is -1.29. The van der Waals surface area contributed by atoms with Gasteiger partial charge in [0.2, 0.25) is 0 Å². The highest BCUT2D eigenvalue weighted by Crippen LogP contribution is 2.14. The summed E-state index contributed by atoms with van der Waals surface area (Å²) in [5, 5.41) is 16.2. The topological polar surface area (TPSA) is 59.9 Å². The molecule has 0 fully saturated rings. The zero-order valence-electron chi connectivity index (χ0n) is 4.88. The number of halogens is 3. The molecule has 0 unspecified atom stereocenters. The Hall–Kier alpha value is -0.260. The Morgan fingerprint density at radius 3 is 2.00 bits per heavy atom. The van der Waals surface area contributed by atoms with Gasteiger partial charge in [-0.2, -0.15) is 14.9 Å². The molecule has 0 atom stereocenters. The van der Waals surface area contributed by atoms with Crippen LogP contribution in [0.2, 0.25) is 0 Å². The van der Waals surface area contributed by atoms with Crippen molar-refractivity contribution >= 4 is 42.1 Å². The van der Waals surface area contributed by atoms with Crippen molar-refractivity contribution in [3.8, 4) is 12.1 Å². The lowest BCUT2D eigenvalue weighted by Gasteiger charge is -1.86. The number of allylic oxidation sites excluding steroid dienone is 1. The molecule has 3 nitrogen and oxygen atoms in total. The second kappa shape index (κ2) is 5.40. The van der Waals surface area contributed by atoms with Crippen molar-refractivity contribution in [3.05, 3.63) is 10.7 Å². The maximum Gasteiger partial charge on any atom is 0.167 e. The van der Waals surface area contributed by atoms with Crippen molar-refractivity contribution in [2.45, 2.75) is 0 Å². The van der Waals surface area contributed by atoms with Gasteiger partial charge >= 0.3 is 0 Å². The molecular weight excluding hydrogens is 228 g/mol. The Labute approximate surface area is 79.9 Å². The normalized spacial score (nSPS) is 8.18. The zero-order valence-corrected chi connectivity index (χ0v) is 7.97. The zero-order chi connectivity index (χ0) is 8.85. The lowest BCUT2D eigenvalue weighted by atomic mass is 10.4. The first-order chi connectivity index (χ1) is 5.11. The second-order valence-corrected chi connectivity index (χ2v) is 4.34. The molecule has 0 bridgehead atoms. The third kappa shape index (κ3) is 4.23. The van der Waals surface area contributed by atoms with Crippen molar-refractivity contribution in [3.63, 3.8) is 0 Å². The monoisotopic (exact) mass is 227 g/mol. The van der Waals surface area contributed by atoms with E-state index in [1.807, 2.05) is 0 Å². The maximum absolute atomic E-state index is 8.25. The summed E-state index contributed by atoms with van der Waals surface area (Å²) in [5.41, 5.74) is -0.300. The van der Waals surface area contributed by atoms with Crippen LogP contribution in [0.5, 0.6) is 0 Å². The van der Waals surface area contributed by atoms with Gasteiger partial charge in [0.1, 0.15) is 12.1 Å². The van der Waals surface area contributed by atoms with Gasteiger partial charge in [-0.1, -0.05) is 11.6 Å². The molecule has 0 spiro atoms. The number of nitriles is 2. The number of rotatable bonds is 1. The van der Waals surface area contributed by atoms with Crippen LogP contribution in [0.25, 0.3) is 0 Å². The van der Waals surface area contributed by atoms with Crippen molar-refractivity contribution in [1.29, 1.82) is 10.5 Å². The number of hydrogen-bond donors (Lipinski definition) is 0. The molecule has 0 aliphatic heterocycles. The van der Waals surface area contributed by atoms with E-state index >= 15 is 0 Å². The van der Waals surface area contributed by atoms with E-state index in [0.29, 0.717) is 0 Å². The van der Waals surface area contributed by atoms with Crippen LogP contribution in [0.4, 0.5) is 0 Å². The molecule has 0 N–H and O–H groups in total. The lowest BCUT2D eigenvalue weighted by molar-refractivity contribution is 1.42. The first kappa shape index (κ1) is 10.7. The van der Waals surface area contributed by atoms with Crippen LogP contribution in [0.15, 0.2) is 15.1 Å². The molecule has 0 aliphatic carbocycles. The van der Waals surface area contributed by atoms with Gasteiger partial charge in [-0.3, -0.25) is 0 Å². The van der Waals surface area contributed by atoms with Crippen LogP contribution >= 0.6 is 33.0 Å². The van der Waals surface area contributed by atoms with E-state index in [9.17, 15) is 0 Å². The van der Waals surface area contributed by atoms with Gasteiger partial charge in [0, 0.05) is 0 Å². The molecule has 0 saturated heterocycles. The SMILES string of the molecule is N#CC(C#N)=C(Cl)N=S(Cl)Cl. The standard InChI is InChI=1S/C4Cl3N3S/c5-4(10-11(6)7)3(1-8)2-9. The van der Waals surface area contributed by atoms with Gasteiger partial charge in [0.05, 0.1) is 9.12 Å². The fourth-order valence-electron chi connectivity index (χ4n) is 0.223. The Kier molecular flexibility index (Phi) is 5.27. The van der Waals surface area contributed by atoms with Crippen LogP contribution in [0, 0.1) is 22.7 Å². The molecular formula is C4Cl3N3S. The summed E-state index contributed by atoms with van der Waals surface area (Å²) in [7, 11) is 9.15. The third-order valence-corrected chi connectivity index (χ3v) is 1.69. The highest BCUT2D eigenvalue weighted by molar-refractivity contribution is 8.28. The molecule has 0 saturated carbocycles. The molecule has 58 valence electrons.